The summed E-state index contributed by atoms with van der Waals surface area (Å²) in [7, 11) is 0. The number of ether oxygens (including phenoxy) is 4. The largest absolute Gasteiger partial charge is 0.510 e. The van der Waals surface area contributed by atoms with E-state index >= 15 is 0 Å². The van der Waals surface area contributed by atoms with Crippen molar-refractivity contribution in [2.75, 3.05) is 0 Å². The first-order valence-corrected chi connectivity index (χ1v) is 20.9. The number of hydrogen-bond acceptors (Lipinski definition) is 13. The van der Waals surface area contributed by atoms with Gasteiger partial charge in [0.05, 0.1) is 11.5 Å². The number of aliphatic hydroxyl groups is 6. The topological polar surface area (TPSA) is 250 Å². The van der Waals surface area contributed by atoms with Gasteiger partial charge in [-0.15, -0.1) is 0 Å². The maximum Gasteiger partial charge on any atom is 0.335 e. The van der Waals surface area contributed by atoms with Gasteiger partial charge in [0.1, 0.15) is 48.5 Å². The van der Waals surface area contributed by atoms with Crippen molar-refractivity contribution in [3.63, 3.8) is 0 Å². The zero-order valence-corrected chi connectivity index (χ0v) is 34.7. The smallest absolute Gasteiger partial charge is 0.335 e. The minimum absolute atomic E-state index is 0.00393. The van der Waals surface area contributed by atoms with Gasteiger partial charge < -0.3 is 59.8 Å². The molecule has 0 spiro atoms. The summed E-state index contributed by atoms with van der Waals surface area (Å²) < 4.78 is 23.9. The summed E-state index contributed by atoms with van der Waals surface area (Å²) in [5.74, 6) is -3.30. The highest BCUT2D eigenvalue weighted by Gasteiger charge is 2.71. The molecule has 58 heavy (non-hydrogen) atoms. The summed E-state index contributed by atoms with van der Waals surface area (Å²) in [6.45, 7) is 18.5. The van der Waals surface area contributed by atoms with Crippen LogP contribution in [0.4, 0.5) is 0 Å². The molecule has 5 aliphatic carbocycles. The van der Waals surface area contributed by atoms with Gasteiger partial charge in [0.25, 0.3) is 0 Å². The Morgan fingerprint density at radius 1 is 0.741 bits per heavy atom. The van der Waals surface area contributed by atoms with E-state index in [1.165, 1.54) is 0 Å². The number of fused-ring (bicyclic) bond motifs is 7. The van der Waals surface area contributed by atoms with Crippen LogP contribution in [-0.2, 0) is 33.3 Å². The highest BCUT2D eigenvalue weighted by atomic mass is 16.8. The van der Waals surface area contributed by atoms with Gasteiger partial charge >= 0.3 is 11.9 Å². The summed E-state index contributed by atoms with van der Waals surface area (Å²) in [4.78, 5) is 39.2. The van der Waals surface area contributed by atoms with Gasteiger partial charge in [-0.1, -0.05) is 53.7 Å². The van der Waals surface area contributed by atoms with Gasteiger partial charge in [-0.05, 0) is 110 Å². The highest BCUT2D eigenvalue weighted by molar-refractivity contribution is 5.95. The van der Waals surface area contributed by atoms with Crippen molar-refractivity contribution < 1.29 is 74.2 Å². The van der Waals surface area contributed by atoms with Crippen molar-refractivity contribution >= 4 is 17.7 Å². The van der Waals surface area contributed by atoms with Crippen molar-refractivity contribution in [1.29, 1.82) is 0 Å². The zero-order chi connectivity index (χ0) is 42.9. The first kappa shape index (κ1) is 43.6. The predicted molar refractivity (Wildman–Crippen MR) is 204 cm³/mol. The Bertz CT molecular complexity index is 1730. The number of ketones is 1. The van der Waals surface area contributed by atoms with E-state index in [2.05, 4.69) is 48.1 Å². The van der Waals surface area contributed by atoms with Crippen molar-refractivity contribution in [2.24, 2.45) is 50.2 Å². The van der Waals surface area contributed by atoms with E-state index in [1.54, 1.807) is 0 Å². The number of aliphatic hydroxyl groups excluding tert-OH is 6. The van der Waals surface area contributed by atoms with Crippen molar-refractivity contribution in [3.05, 3.63) is 24.0 Å². The summed E-state index contributed by atoms with van der Waals surface area (Å²) in [5, 5.41) is 83.9. The number of aliphatic carboxylic acids is 2. The maximum atomic E-state index is 14.9. The fourth-order valence-electron chi connectivity index (χ4n) is 13.4. The molecule has 0 aromatic carbocycles. The summed E-state index contributed by atoms with van der Waals surface area (Å²) in [5.41, 5.74) is -1.61. The molecule has 8 N–H and O–H groups in total. The average molecular weight is 821 g/mol. The molecule has 0 amide bonds. The molecular formula is C43H64O15. The molecule has 0 radical (unpaired) electrons. The van der Waals surface area contributed by atoms with Crippen molar-refractivity contribution in [3.8, 4) is 0 Å². The van der Waals surface area contributed by atoms with E-state index in [-0.39, 0.29) is 34.4 Å². The van der Waals surface area contributed by atoms with Crippen LogP contribution in [0.25, 0.3) is 0 Å². The van der Waals surface area contributed by atoms with Crippen molar-refractivity contribution in [2.45, 2.75) is 174 Å². The van der Waals surface area contributed by atoms with E-state index < -0.39 is 107 Å². The summed E-state index contributed by atoms with van der Waals surface area (Å²) in [6, 6.07) is 0. The molecule has 2 aliphatic heterocycles. The van der Waals surface area contributed by atoms with E-state index in [0.717, 1.165) is 37.7 Å². The quantitative estimate of drug-likeness (QED) is 0.136. The van der Waals surface area contributed by atoms with Gasteiger partial charge in [0.15, 0.2) is 24.5 Å². The van der Waals surface area contributed by atoms with Crippen LogP contribution in [-0.4, -0.2) is 126 Å². The van der Waals surface area contributed by atoms with Crippen LogP contribution in [0.2, 0.25) is 0 Å². The lowest BCUT2D eigenvalue weighted by molar-refractivity contribution is -0.372. The molecule has 0 bridgehead atoms. The van der Waals surface area contributed by atoms with E-state index in [4.69, 9.17) is 18.9 Å². The van der Waals surface area contributed by atoms with Gasteiger partial charge in [0.2, 0.25) is 0 Å². The zero-order valence-electron chi connectivity index (χ0n) is 34.7. The van der Waals surface area contributed by atoms with E-state index in [0.29, 0.717) is 25.7 Å². The molecule has 2 saturated heterocycles. The van der Waals surface area contributed by atoms with Crippen LogP contribution < -0.4 is 0 Å². The minimum atomic E-state index is -2.00. The first-order valence-electron chi connectivity index (χ1n) is 20.9. The van der Waals surface area contributed by atoms with Gasteiger partial charge in [-0.25, -0.2) is 4.79 Å². The second-order valence-electron chi connectivity index (χ2n) is 20.8. The van der Waals surface area contributed by atoms with Crippen molar-refractivity contribution in [1.82, 2.24) is 0 Å². The lowest BCUT2D eigenvalue weighted by atomic mass is 9.33. The van der Waals surface area contributed by atoms with Crippen LogP contribution >= 0.6 is 0 Å². The van der Waals surface area contributed by atoms with Crippen LogP contribution in [0.15, 0.2) is 24.0 Å². The number of rotatable bonds is 7. The Labute approximate surface area is 339 Å². The maximum absolute atomic E-state index is 14.9. The Morgan fingerprint density at radius 2 is 1.36 bits per heavy atom. The molecule has 1 unspecified atom stereocenters. The Balaban J connectivity index is 1.17. The molecule has 7 rings (SSSR count). The number of carbonyl (C=O) groups is 3. The minimum Gasteiger partial charge on any atom is -0.510 e. The molecule has 15 heteroatoms. The fourth-order valence-corrected chi connectivity index (χ4v) is 13.4. The van der Waals surface area contributed by atoms with Crippen LogP contribution in [0.5, 0.6) is 0 Å². The number of carbonyl (C=O) groups excluding carboxylic acids is 1. The summed E-state index contributed by atoms with van der Waals surface area (Å²) in [6.07, 6.45) is -10.5. The van der Waals surface area contributed by atoms with Crippen LogP contribution in [0.1, 0.15) is 106 Å². The highest BCUT2D eigenvalue weighted by Crippen LogP contribution is 2.75. The Hall–Kier alpha value is -2.47. The predicted octanol–water partition coefficient (Wildman–Crippen LogP) is 3.23. The average Bonchev–Trinajstić information content (AvgIpc) is 3.13. The molecule has 326 valence electrons. The molecule has 7 aliphatic rings. The third-order valence-electron chi connectivity index (χ3n) is 17.3. The fraction of sp³-hybridized carbons (Fsp3) is 0.837. The number of carboxylic acid groups (broad SMARTS) is 2. The van der Waals surface area contributed by atoms with Gasteiger partial charge in [0, 0.05) is 5.92 Å². The molecular weight excluding hydrogens is 756 g/mol. The lowest BCUT2D eigenvalue weighted by Gasteiger charge is -2.70. The molecule has 15 nitrogen and oxygen atoms in total. The summed E-state index contributed by atoms with van der Waals surface area (Å²) >= 11 is 0. The molecule has 19 atom stereocenters. The first-order chi connectivity index (χ1) is 26.8. The molecule has 2 heterocycles. The number of hydrogen-bond donors (Lipinski definition) is 8. The normalized spacial score (nSPS) is 52.6. The van der Waals surface area contributed by atoms with Gasteiger partial charge in [-0.2, -0.15) is 0 Å². The number of allylic oxidation sites excluding steroid dienone is 2. The Morgan fingerprint density at radius 3 is 1.98 bits per heavy atom. The van der Waals surface area contributed by atoms with E-state index in [9.17, 15) is 55.2 Å². The third-order valence-corrected chi connectivity index (χ3v) is 17.3. The second-order valence-corrected chi connectivity index (χ2v) is 20.8. The molecule has 4 saturated carbocycles. The van der Waals surface area contributed by atoms with Gasteiger partial charge in [-0.3, -0.25) is 9.59 Å². The monoisotopic (exact) mass is 820 g/mol. The third kappa shape index (κ3) is 6.27. The second kappa shape index (κ2) is 14.3. The van der Waals surface area contributed by atoms with Crippen LogP contribution in [0.3, 0.4) is 0 Å². The Kier molecular flexibility index (Phi) is 10.8. The SMILES string of the molecule is C=C(O)C1O[C@H](O[C@H]2CC[C@]3(C)[C@H]4C(=O)C=C5[C@@H]6C[C@@](C)(C(=O)O)CC[C@]6(C)CC[C@@]5(C)[C@]4(C)CC[C@H]3C2(C)C)[C@H](O[C@H]2O[C@@H](C(=O)O)[C@H](O)[C@@H](O)[C@@H]2O)[C@@H](O)[C@@H]1O. The molecule has 0 aromatic rings. The molecule has 0 aromatic heterocycles. The standard InChI is InChI=1S/C43H64O15/c1-19(44)30-27(48)28(49)32(58-35-29(50)25(46)26(47)31(57-35)34(51)52)36(56-30)55-24-10-11-41(6)23(38(24,2)3)9-12-43(8)33(41)22(45)17-20-21-18-40(5,37(53)54)14-13-39(21,4)15-16-42(20,43)7/h17,21,23-33,35-36,44,46-50H,1,9-16,18H2,2-8H3,(H,51,52)(H,53,54)/t21-,23-,24-,25+,26+,27-,28-,29-,30?,31+,32+,33+,35+,36-,39+,40-,41-,42+,43+/m0/s1. The lowest BCUT2D eigenvalue weighted by Crippen LogP contribution is -2.68. The van der Waals surface area contributed by atoms with Crippen LogP contribution in [0, 0.1) is 50.2 Å². The number of carboxylic acids is 2. The molecule has 6 fully saturated rings. The van der Waals surface area contributed by atoms with E-state index in [1.807, 2.05) is 13.0 Å².